The zero-order chi connectivity index (χ0) is 51.6. The van der Waals surface area contributed by atoms with Crippen LogP contribution in [0, 0.1) is 0 Å². The van der Waals surface area contributed by atoms with E-state index < -0.39 is 0 Å². The van der Waals surface area contributed by atoms with Crippen LogP contribution in [0.5, 0.6) is 0 Å². The van der Waals surface area contributed by atoms with Gasteiger partial charge >= 0.3 is 0 Å². The molecule has 0 radical (unpaired) electrons. The number of hydrogen-bond donors (Lipinski definition) is 0. The molecule has 366 valence electrons. The van der Waals surface area contributed by atoms with Crippen molar-refractivity contribution >= 4 is 87.2 Å². The van der Waals surface area contributed by atoms with Gasteiger partial charge in [-0.1, -0.05) is 222 Å². The molecule has 1 aromatic heterocycles. The number of fused-ring (bicyclic) bond motifs is 14. The minimum Gasteiger partial charge on any atom is -0.310 e. The first kappa shape index (κ1) is 45.4. The summed E-state index contributed by atoms with van der Waals surface area (Å²) in [5.41, 5.74) is 22.0. The number of anilines is 6. The molecule has 0 aliphatic heterocycles. The van der Waals surface area contributed by atoms with Gasteiger partial charge in [0.25, 0.3) is 0 Å². The van der Waals surface area contributed by atoms with Gasteiger partial charge in [0.2, 0.25) is 0 Å². The highest BCUT2D eigenvalue weighted by Crippen LogP contribution is 2.55. The summed E-state index contributed by atoms with van der Waals surface area (Å²) in [6.45, 7) is 9.50. The third kappa shape index (κ3) is 6.93. The van der Waals surface area contributed by atoms with Crippen molar-refractivity contribution < 1.29 is 0 Å². The summed E-state index contributed by atoms with van der Waals surface area (Å²) in [6, 6.07) is 95.0. The van der Waals surface area contributed by atoms with Gasteiger partial charge in [-0.15, -0.1) is 11.3 Å². The Hall–Kier alpha value is -9.02. The van der Waals surface area contributed by atoms with Crippen molar-refractivity contribution in [2.45, 2.75) is 38.5 Å². The van der Waals surface area contributed by atoms with Crippen molar-refractivity contribution in [3.05, 3.63) is 277 Å². The van der Waals surface area contributed by atoms with Crippen LogP contribution in [0.3, 0.4) is 0 Å². The Balaban J connectivity index is 0.928. The molecule has 1 heterocycles. The maximum atomic E-state index is 2.50. The summed E-state index contributed by atoms with van der Waals surface area (Å²) < 4.78 is 2.56. The van der Waals surface area contributed by atoms with Gasteiger partial charge in [-0.25, -0.2) is 0 Å². The average molecular weight is 1000 g/mol. The Bertz CT molecular complexity index is 4520. The predicted molar refractivity (Wildman–Crippen MR) is 330 cm³/mol. The Kier molecular flexibility index (Phi) is 10.2. The van der Waals surface area contributed by atoms with Gasteiger partial charge in [-0.2, -0.15) is 0 Å². The van der Waals surface area contributed by atoms with E-state index in [4.69, 9.17) is 0 Å². The zero-order valence-corrected chi connectivity index (χ0v) is 44.4. The topological polar surface area (TPSA) is 6.48 Å². The zero-order valence-electron chi connectivity index (χ0n) is 43.6. The minimum atomic E-state index is -0.147. The highest BCUT2D eigenvalue weighted by Gasteiger charge is 2.37. The van der Waals surface area contributed by atoms with Crippen LogP contribution < -0.4 is 9.80 Å². The lowest BCUT2D eigenvalue weighted by Gasteiger charge is -2.30. The lowest BCUT2D eigenvalue weighted by molar-refractivity contribution is 0.660. The van der Waals surface area contributed by atoms with Crippen LogP contribution in [0.4, 0.5) is 34.1 Å². The second kappa shape index (κ2) is 17.3. The monoisotopic (exact) mass is 1000 g/mol. The Labute approximate surface area is 454 Å². The SMILES string of the molecule is CC1(C)c2ccccc2-c2ccc(N(c3ccc4c(c3)sc3c5ccc(N(c6ccc7c(c6)C(C)(C)c6ccccc6-7)c6ccccc6-c6ccccc6)cc5c5ccccc5c43)c3ccccc3-c3ccccc3)cc21. The average Bonchev–Trinajstić information content (AvgIpc) is 4.18. The fourth-order valence-corrected chi connectivity index (χ4v) is 14.6. The van der Waals surface area contributed by atoms with Crippen LogP contribution in [-0.2, 0) is 10.8 Å². The molecule has 0 saturated carbocycles. The van der Waals surface area contributed by atoms with E-state index in [0.717, 1.165) is 34.1 Å². The molecule has 0 unspecified atom stereocenters. The molecule has 3 heteroatoms. The molecule has 0 atom stereocenters. The molecule has 0 saturated heterocycles. The van der Waals surface area contributed by atoms with Crippen LogP contribution in [0.2, 0.25) is 0 Å². The maximum Gasteiger partial charge on any atom is 0.0540 e. The van der Waals surface area contributed by atoms with Gasteiger partial charge in [0, 0.05) is 70.3 Å². The number of rotatable bonds is 8. The molecule has 77 heavy (non-hydrogen) atoms. The van der Waals surface area contributed by atoms with Crippen molar-refractivity contribution in [2.24, 2.45) is 0 Å². The Morgan fingerprint density at radius 1 is 0.286 bits per heavy atom. The predicted octanol–water partition coefficient (Wildman–Crippen LogP) is 21.2. The first-order chi connectivity index (χ1) is 37.7. The molecule has 12 aromatic carbocycles. The second-order valence-corrected chi connectivity index (χ2v) is 23.1. The lowest BCUT2D eigenvalue weighted by Crippen LogP contribution is -2.16. The van der Waals surface area contributed by atoms with Crippen LogP contribution in [-0.4, -0.2) is 0 Å². The van der Waals surface area contributed by atoms with Crippen molar-refractivity contribution in [3.63, 3.8) is 0 Å². The highest BCUT2D eigenvalue weighted by atomic mass is 32.1. The van der Waals surface area contributed by atoms with Gasteiger partial charge in [-0.3, -0.25) is 0 Å². The third-order valence-corrected chi connectivity index (χ3v) is 18.2. The molecule has 2 aliphatic carbocycles. The second-order valence-electron chi connectivity index (χ2n) is 22.0. The number of para-hydroxylation sites is 2. The van der Waals surface area contributed by atoms with Crippen LogP contribution in [0.15, 0.2) is 255 Å². The smallest absolute Gasteiger partial charge is 0.0540 e. The molecule has 13 aromatic rings. The quantitative estimate of drug-likeness (QED) is 0.140. The molecular weight excluding hydrogens is 949 g/mol. The Morgan fingerprint density at radius 2 is 0.688 bits per heavy atom. The normalized spacial score (nSPS) is 13.7. The summed E-state index contributed by atoms with van der Waals surface area (Å²) >= 11 is 1.91. The fraction of sp³-hybridized carbons (Fsp3) is 0.0811. The molecular formula is C74H54N2S. The summed E-state index contributed by atoms with van der Waals surface area (Å²) in [5.74, 6) is 0. The molecule has 0 bridgehead atoms. The van der Waals surface area contributed by atoms with E-state index in [9.17, 15) is 0 Å². The fourth-order valence-electron chi connectivity index (χ4n) is 13.3. The molecule has 0 amide bonds. The van der Waals surface area contributed by atoms with Gasteiger partial charge in [0.15, 0.2) is 0 Å². The number of thiophene rings is 1. The number of hydrogen-bond acceptors (Lipinski definition) is 3. The molecule has 15 rings (SSSR count). The van der Waals surface area contributed by atoms with E-state index in [2.05, 4.69) is 292 Å². The van der Waals surface area contributed by atoms with Gasteiger partial charge < -0.3 is 9.80 Å². The molecule has 2 aliphatic rings. The summed E-state index contributed by atoms with van der Waals surface area (Å²) in [6.07, 6.45) is 0. The molecule has 2 nitrogen and oxygen atoms in total. The summed E-state index contributed by atoms with van der Waals surface area (Å²) in [4.78, 5) is 4.99. The van der Waals surface area contributed by atoms with E-state index in [0.29, 0.717) is 0 Å². The van der Waals surface area contributed by atoms with E-state index in [1.54, 1.807) is 0 Å². The van der Waals surface area contributed by atoms with Crippen LogP contribution in [0.1, 0.15) is 49.9 Å². The van der Waals surface area contributed by atoms with Gasteiger partial charge in [0.1, 0.15) is 0 Å². The largest absolute Gasteiger partial charge is 0.310 e. The van der Waals surface area contributed by atoms with Crippen molar-refractivity contribution in [3.8, 4) is 44.5 Å². The first-order valence-corrected chi connectivity index (χ1v) is 27.7. The molecule has 0 fully saturated rings. The highest BCUT2D eigenvalue weighted by molar-refractivity contribution is 7.27. The lowest BCUT2D eigenvalue weighted by atomic mass is 9.82. The number of nitrogens with zero attached hydrogens (tertiary/aromatic N) is 2. The molecule has 0 spiro atoms. The van der Waals surface area contributed by atoms with Crippen LogP contribution in [0.25, 0.3) is 86.2 Å². The van der Waals surface area contributed by atoms with Gasteiger partial charge in [0.05, 0.1) is 11.4 Å². The van der Waals surface area contributed by atoms with E-state index in [1.165, 1.54) is 108 Å². The third-order valence-electron chi connectivity index (χ3n) is 17.0. The number of benzene rings is 12. The van der Waals surface area contributed by atoms with E-state index in [-0.39, 0.29) is 10.8 Å². The standard InChI is InChI=1S/C74H54N2S/c1-73(2)64-31-17-13-28-56(64)58-39-35-50(44-66(58)73)75(68-33-19-15-25-53(68)47-21-7-5-8-22-47)49-37-41-61-63(43-49)55-27-11-12-30-60(55)71-62-42-38-52(46-70(62)77-72(61)71)76(69-34-20-16-26-54(69)48-23-9-6-10-24-48)51-36-40-59-57-29-14-18-32-65(57)74(3,4)67(59)45-51/h5-46H,1-4H3. The summed E-state index contributed by atoms with van der Waals surface area (Å²) in [7, 11) is 0. The van der Waals surface area contributed by atoms with Crippen molar-refractivity contribution in [1.29, 1.82) is 0 Å². The minimum absolute atomic E-state index is 0.142. The van der Waals surface area contributed by atoms with E-state index >= 15 is 0 Å². The van der Waals surface area contributed by atoms with Crippen molar-refractivity contribution in [2.75, 3.05) is 9.80 Å². The maximum absolute atomic E-state index is 2.50. The van der Waals surface area contributed by atoms with Crippen LogP contribution >= 0.6 is 11.3 Å². The molecule has 0 N–H and O–H groups in total. The van der Waals surface area contributed by atoms with E-state index in [1.807, 2.05) is 11.3 Å². The summed E-state index contributed by atoms with van der Waals surface area (Å²) in [5, 5.41) is 7.62. The van der Waals surface area contributed by atoms with Crippen molar-refractivity contribution in [1.82, 2.24) is 0 Å². The van der Waals surface area contributed by atoms with Gasteiger partial charge in [-0.05, 0) is 132 Å². The first-order valence-electron chi connectivity index (χ1n) is 26.9. The Morgan fingerprint density at radius 3 is 1.23 bits per heavy atom.